The van der Waals surface area contributed by atoms with Gasteiger partial charge in [0.15, 0.2) is 5.82 Å². The molecular weight excluding hydrogens is 360 g/mol. The van der Waals surface area contributed by atoms with Crippen molar-refractivity contribution in [3.05, 3.63) is 28.0 Å². The number of quaternary nitrogens is 1. The van der Waals surface area contributed by atoms with E-state index in [0.717, 1.165) is 5.82 Å². The molecule has 1 N–H and O–H groups in total. The second-order valence-corrected chi connectivity index (χ2v) is 9.72. The largest absolute Gasteiger partial charge is 0.356 e. The molecule has 1 fully saturated rings. The summed E-state index contributed by atoms with van der Waals surface area (Å²) in [5.74, 6) is 2.06. The minimum Gasteiger partial charge on any atom is -0.356 e. The van der Waals surface area contributed by atoms with Crippen LogP contribution in [0.25, 0.3) is 20.9 Å². The summed E-state index contributed by atoms with van der Waals surface area (Å²) in [7, 11) is 4.56. The number of hydrogen-bond acceptors (Lipinski definition) is 5. The molecule has 0 spiro atoms. The second kappa shape index (κ2) is 6.59. The van der Waals surface area contributed by atoms with Gasteiger partial charge in [0.25, 0.3) is 0 Å². The molecule has 1 aliphatic heterocycles. The third kappa shape index (κ3) is 2.75. The number of piperidine rings is 1. The molecule has 0 aromatic carbocycles. The van der Waals surface area contributed by atoms with E-state index in [2.05, 4.69) is 36.5 Å². The van der Waals surface area contributed by atoms with E-state index >= 15 is 0 Å². The fourth-order valence-corrected chi connectivity index (χ4v) is 6.32. The highest BCUT2D eigenvalue weighted by atomic mass is 32.1. The maximum Gasteiger partial charge on any atom is 0.173 e. The van der Waals surface area contributed by atoms with Crippen LogP contribution in [0.15, 0.2) is 17.5 Å². The Hall–Kier alpha value is -1.50. The fraction of sp³-hybridized carbons (Fsp3) is 0.500. The lowest BCUT2D eigenvalue weighted by Gasteiger charge is -2.34. The van der Waals surface area contributed by atoms with Gasteiger partial charge in [0.2, 0.25) is 0 Å². The smallest absolute Gasteiger partial charge is 0.173 e. The molecule has 3 aromatic heterocycles. The Bertz CT molecular complexity index is 923. The van der Waals surface area contributed by atoms with Crippen LogP contribution in [0.5, 0.6) is 0 Å². The first-order chi connectivity index (χ1) is 12.7. The number of likely N-dealkylation sites (tertiary alicyclic amines) is 1. The summed E-state index contributed by atoms with van der Waals surface area (Å²) in [5.41, 5.74) is 1.53. The number of nitrogens with one attached hydrogen (secondary N) is 1. The molecule has 0 atom stereocenters. The predicted molar refractivity (Wildman–Crippen MR) is 111 cm³/mol. The first kappa shape index (κ1) is 16.7. The highest BCUT2D eigenvalue weighted by Gasteiger charge is 2.29. The van der Waals surface area contributed by atoms with Gasteiger partial charge in [-0.2, -0.15) is 0 Å². The van der Waals surface area contributed by atoms with Crippen molar-refractivity contribution >= 4 is 38.7 Å². The van der Waals surface area contributed by atoms with Crippen molar-refractivity contribution in [2.24, 2.45) is 0 Å². The van der Waals surface area contributed by atoms with Gasteiger partial charge in [-0.15, -0.1) is 22.7 Å². The van der Waals surface area contributed by atoms with Crippen LogP contribution in [0.1, 0.15) is 29.7 Å². The minimum atomic E-state index is 0.588. The van der Waals surface area contributed by atoms with Crippen LogP contribution in [0.3, 0.4) is 0 Å². The third-order valence-electron chi connectivity index (χ3n) is 5.98. The predicted octanol–water partition coefficient (Wildman–Crippen LogP) is 3.02. The van der Waals surface area contributed by atoms with Gasteiger partial charge in [-0.1, -0.05) is 6.07 Å². The topological polar surface area (TPSA) is 33.5 Å². The Morgan fingerprint density at radius 2 is 2.04 bits per heavy atom. The van der Waals surface area contributed by atoms with Gasteiger partial charge in [0.1, 0.15) is 10.6 Å². The van der Waals surface area contributed by atoms with E-state index in [1.807, 2.05) is 11.3 Å². The molecule has 26 heavy (non-hydrogen) atoms. The molecule has 3 aromatic rings. The van der Waals surface area contributed by atoms with E-state index in [1.54, 1.807) is 21.1 Å². The van der Waals surface area contributed by atoms with Gasteiger partial charge in [-0.25, -0.2) is 9.97 Å². The minimum absolute atomic E-state index is 0.588. The molecule has 0 bridgehead atoms. The monoisotopic (exact) mass is 385 g/mol. The number of thiophene rings is 2. The number of hydrogen-bond donors (Lipinski definition) is 1. The number of nitrogens with zero attached hydrogens (tertiary/aromatic N) is 3. The number of anilines is 1. The standard InChI is InChI=1S/C20H24N4S2/c1-23-10-8-13(9-11-23)24(2)19-17-14-5-3-6-15(14)26-20(17)22-18(21-19)16-7-4-12-25-16/h4,7,12-13H,3,5-6,8-11H2,1-2H3/p+1. The molecule has 1 aliphatic carbocycles. The van der Waals surface area contributed by atoms with Gasteiger partial charge >= 0.3 is 0 Å². The number of fused-ring (bicyclic) bond motifs is 3. The van der Waals surface area contributed by atoms with Crippen molar-refractivity contribution in [1.29, 1.82) is 0 Å². The highest BCUT2D eigenvalue weighted by molar-refractivity contribution is 7.19. The molecule has 0 radical (unpaired) electrons. The Morgan fingerprint density at radius 1 is 1.19 bits per heavy atom. The molecule has 6 heteroatoms. The molecule has 5 rings (SSSR count). The molecule has 2 aliphatic rings. The van der Waals surface area contributed by atoms with Crippen LogP contribution in [0.4, 0.5) is 5.82 Å². The Labute approximate surface area is 162 Å². The van der Waals surface area contributed by atoms with Gasteiger partial charge in [0.05, 0.1) is 30.4 Å². The number of aryl methyl sites for hydroxylation is 2. The van der Waals surface area contributed by atoms with E-state index in [9.17, 15) is 0 Å². The van der Waals surface area contributed by atoms with Crippen molar-refractivity contribution < 1.29 is 4.90 Å². The SMILES string of the molecule is CN(c1nc(-c2cccs2)nc2sc3c(c12)CCC3)C1CC[NH+](C)CC1. The molecule has 4 nitrogen and oxygen atoms in total. The van der Waals surface area contributed by atoms with E-state index in [4.69, 9.17) is 9.97 Å². The van der Waals surface area contributed by atoms with E-state index in [0.29, 0.717) is 6.04 Å². The molecule has 136 valence electrons. The maximum absolute atomic E-state index is 5.11. The van der Waals surface area contributed by atoms with Crippen molar-refractivity contribution in [2.75, 3.05) is 32.1 Å². The maximum atomic E-state index is 5.11. The lowest BCUT2D eigenvalue weighted by Crippen LogP contribution is -3.10. The van der Waals surface area contributed by atoms with E-state index in [1.165, 1.54) is 71.7 Å². The summed E-state index contributed by atoms with van der Waals surface area (Å²) in [6.45, 7) is 2.51. The summed E-state index contributed by atoms with van der Waals surface area (Å²) in [4.78, 5) is 18.1. The van der Waals surface area contributed by atoms with Crippen molar-refractivity contribution in [2.45, 2.75) is 38.1 Å². The lowest BCUT2D eigenvalue weighted by atomic mass is 10.0. The summed E-state index contributed by atoms with van der Waals surface area (Å²) in [5, 5.41) is 3.46. The quantitative estimate of drug-likeness (QED) is 0.752. The van der Waals surface area contributed by atoms with Gasteiger partial charge < -0.3 is 9.80 Å². The fourth-order valence-electron chi connectivity index (χ4n) is 4.40. The molecule has 0 saturated carbocycles. The number of aromatic nitrogens is 2. The average molecular weight is 386 g/mol. The summed E-state index contributed by atoms with van der Waals surface area (Å²) < 4.78 is 0. The van der Waals surface area contributed by atoms with Gasteiger partial charge in [-0.3, -0.25) is 0 Å². The zero-order chi connectivity index (χ0) is 17.7. The van der Waals surface area contributed by atoms with Crippen molar-refractivity contribution in [3.8, 4) is 10.7 Å². The first-order valence-corrected chi connectivity index (χ1v) is 11.3. The van der Waals surface area contributed by atoms with Crippen LogP contribution in [0, 0.1) is 0 Å². The van der Waals surface area contributed by atoms with Crippen LogP contribution in [-0.2, 0) is 12.8 Å². The summed E-state index contributed by atoms with van der Waals surface area (Å²) in [6.07, 6.45) is 6.17. The second-order valence-electron chi connectivity index (χ2n) is 7.68. The van der Waals surface area contributed by atoms with Crippen LogP contribution >= 0.6 is 22.7 Å². The van der Waals surface area contributed by atoms with Crippen LogP contribution in [0.2, 0.25) is 0 Å². The summed E-state index contributed by atoms with van der Waals surface area (Å²) >= 11 is 3.63. The Morgan fingerprint density at radius 3 is 2.81 bits per heavy atom. The van der Waals surface area contributed by atoms with Gasteiger partial charge in [-0.05, 0) is 36.3 Å². The first-order valence-electron chi connectivity index (χ1n) is 9.61. The zero-order valence-corrected chi connectivity index (χ0v) is 17.1. The molecule has 4 heterocycles. The lowest BCUT2D eigenvalue weighted by molar-refractivity contribution is -0.884. The normalized spacial score (nSPS) is 22.7. The third-order valence-corrected chi connectivity index (χ3v) is 8.03. The Kier molecular flexibility index (Phi) is 4.22. The molecule has 1 saturated heterocycles. The molecule has 0 unspecified atom stereocenters. The van der Waals surface area contributed by atoms with Crippen LogP contribution < -0.4 is 9.80 Å². The van der Waals surface area contributed by atoms with Crippen LogP contribution in [-0.4, -0.2) is 43.2 Å². The van der Waals surface area contributed by atoms with E-state index in [-0.39, 0.29) is 0 Å². The Balaban J connectivity index is 1.64. The zero-order valence-electron chi connectivity index (χ0n) is 15.4. The average Bonchev–Trinajstić information content (AvgIpc) is 3.37. The molecule has 0 amide bonds. The van der Waals surface area contributed by atoms with Crippen molar-refractivity contribution in [1.82, 2.24) is 9.97 Å². The highest BCUT2D eigenvalue weighted by Crippen LogP contribution is 2.42. The molecular formula is C20H25N4S2+. The number of rotatable bonds is 3. The van der Waals surface area contributed by atoms with Crippen molar-refractivity contribution in [3.63, 3.8) is 0 Å². The van der Waals surface area contributed by atoms with E-state index < -0.39 is 0 Å². The van der Waals surface area contributed by atoms with Gasteiger partial charge in [0, 0.05) is 30.8 Å². The summed E-state index contributed by atoms with van der Waals surface area (Å²) in [6, 6.07) is 4.81.